The van der Waals surface area contributed by atoms with Gasteiger partial charge in [0.2, 0.25) is 0 Å². The minimum atomic E-state index is -4.61. The maximum absolute atomic E-state index is 13.8. The summed E-state index contributed by atoms with van der Waals surface area (Å²) in [7, 11) is 0. The molecule has 36 heavy (non-hydrogen) atoms. The van der Waals surface area contributed by atoms with Crippen LogP contribution in [0.1, 0.15) is 50.3 Å². The number of piperidine rings is 1. The number of pyridine rings is 2. The number of nitrogens with zero attached hydrogens (tertiary/aromatic N) is 3. The van der Waals surface area contributed by atoms with Gasteiger partial charge in [-0.15, -0.1) is 0 Å². The number of nitrogens with two attached hydrogens (primary N) is 2. The standard InChI is InChI=1S/C27H31F3N6/c1-3-8-23(36-13-6-5-7-14-36)21(4-2)34-25(17-9-10-17)26-20(31)11-12-22(35-26)18-16-33-24(32)15-19(18)27(28,29)30/h3-4,8,11-12,15-16,34H,2,5-7,9-10,13-14,31H2,1H3,(H2,32,33)/b8-3-,23-21-. The van der Waals surface area contributed by atoms with Crippen molar-refractivity contribution in [2.24, 2.45) is 0 Å². The fourth-order valence-electron chi connectivity index (χ4n) is 4.37. The van der Waals surface area contributed by atoms with Gasteiger partial charge in [0.25, 0.3) is 0 Å². The van der Waals surface area contributed by atoms with E-state index in [0.29, 0.717) is 17.1 Å². The first-order valence-electron chi connectivity index (χ1n) is 12.1. The molecule has 0 amide bonds. The molecule has 2 aromatic heterocycles. The Balaban J connectivity index is 1.79. The number of likely N-dealkylation sites (tertiary alicyclic amines) is 1. The predicted octanol–water partition coefficient (Wildman–Crippen LogP) is 5.88. The Morgan fingerprint density at radius 2 is 1.86 bits per heavy atom. The van der Waals surface area contributed by atoms with Crippen molar-refractivity contribution in [2.45, 2.75) is 45.2 Å². The molecule has 1 aliphatic carbocycles. The summed E-state index contributed by atoms with van der Waals surface area (Å²) in [5.41, 5.74) is 15.3. The Kier molecular flexibility index (Phi) is 7.37. The molecule has 0 radical (unpaired) electrons. The molecule has 0 aromatic carbocycles. The van der Waals surface area contributed by atoms with E-state index in [4.69, 9.17) is 11.5 Å². The number of hydrogen-bond acceptors (Lipinski definition) is 6. The Labute approximate surface area is 209 Å². The van der Waals surface area contributed by atoms with Crippen LogP contribution in [0.4, 0.5) is 24.7 Å². The molecule has 1 aliphatic heterocycles. The number of nitrogen functional groups attached to an aromatic ring is 2. The fraction of sp³-hybridized carbons (Fsp3) is 0.333. The van der Waals surface area contributed by atoms with Gasteiger partial charge < -0.3 is 21.7 Å². The normalized spacial score (nSPS) is 16.7. The number of allylic oxidation sites excluding steroid dienone is 4. The van der Waals surface area contributed by atoms with Crippen LogP contribution in [0.25, 0.3) is 17.0 Å². The lowest BCUT2D eigenvalue weighted by atomic mass is 10.0. The summed E-state index contributed by atoms with van der Waals surface area (Å²) >= 11 is 0. The van der Waals surface area contributed by atoms with Crippen LogP contribution in [0.2, 0.25) is 0 Å². The lowest BCUT2D eigenvalue weighted by Crippen LogP contribution is -2.31. The number of rotatable bonds is 7. The molecule has 2 aliphatic rings. The second-order valence-corrected chi connectivity index (χ2v) is 8.94. The number of anilines is 2. The molecule has 4 rings (SSSR count). The predicted molar refractivity (Wildman–Crippen MR) is 138 cm³/mol. The zero-order valence-electron chi connectivity index (χ0n) is 20.3. The first-order valence-corrected chi connectivity index (χ1v) is 12.1. The molecule has 1 saturated carbocycles. The van der Waals surface area contributed by atoms with Gasteiger partial charge in [0.15, 0.2) is 0 Å². The second kappa shape index (κ2) is 10.5. The lowest BCUT2D eigenvalue weighted by Gasteiger charge is -2.31. The summed E-state index contributed by atoms with van der Waals surface area (Å²) in [6.07, 6.45) is 7.45. The highest BCUT2D eigenvalue weighted by atomic mass is 19.4. The van der Waals surface area contributed by atoms with Crippen LogP contribution in [-0.4, -0.2) is 28.0 Å². The average molecular weight is 497 g/mol. The zero-order chi connectivity index (χ0) is 25.9. The van der Waals surface area contributed by atoms with Crippen LogP contribution < -0.4 is 16.8 Å². The van der Waals surface area contributed by atoms with Crippen molar-refractivity contribution in [1.82, 2.24) is 20.2 Å². The highest BCUT2D eigenvalue weighted by molar-refractivity contribution is 5.79. The smallest absolute Gasteiger partial charge is 0.397 e. The molecule has 0 spiro atoms. The molecule has 0 atom stereocenters. The van der Waals surface area contributed by atoms with E-state index >= 15 is 0 Å². The first kappa shape index (κ1) is 25.3. The molecular formula is C27H31F3N6. The molecule has 3 heterocycles. The lowest BCUT2D eigenvalue weighted by molar-refractivity contribution is -0.137. The van der Waals surface area contributed by atoms with Crippen molar-refractivity contribution in [3.63, 3.8) is 0 Å². The van der Waals surface area contributed by atoms with Crippen molar-refractivity contribution in [3.05, 3.63) is 77.4 Å². The van der Waals surface area contributed by atoms with Gasteiger partial charge in [-0.2, -0.15) is 13.2 Å². The van der Waals surface area contributed by atoms with Crippen LogP contribution >= 0.6 is 0 Å². The average Bonchev–Trinajstić information content (AvgIpc) is 3.70. The minimum absolute atomic E-state index is 0.119. The summed E-state index contributed by atoms with van der Waals surface area (Å²) in [5.74, 6) is -0.209. The third kappa shape index (κ3) is 5.56. The topological polar surface area (TPSA) is 93.1 Å². The summed E-state index contributed by atoms with van der Waals surface area (Å²) in [4.78, 5) is 10.8. The molecule has 9 heteroatoms. The van der Waals surface area contributed by atoms with E-state index in [9.17, 15) is 13.2 Å². The summed E-state index contributed by atoms with van der Waals surface area (Å²) in [5, 5.41) is 3.49. The highest BCUT2D eigenvalue weighted by Gasteiger charge is 2.35. The molecule has 190 valence electrons. The maximum atomic E-state index is 13.8. The van der Waals surface area contributed by atoms with E-state index in [2.05, 4.69) is 26.8 Å². The monoisotopic (exact) mass is 496 g/mol. The van der Waals surface area contributed by atoms with Crippen molar-refractivity contribution < 1.29 is 13.2 Å². The van der Waals surface area contributed by atoms with E-state index in [1.165, 1.54) is 12.5 Å². The van der Waals surface area contributed by atoms with E-state index in [-0.39, 0.29) is 17.1 Å². The molecular weight excluding hydrogens is 465 g/mol. The van der Waals surface area contributed by atoms with Gasteiger partial charge in [-0.3, -0.25) is 0 Å². The number of aromatic nitrogens is 2. The van der Waals surface area contributed by atoms with Gasteiger partial charge in [-0.1, -0.05) is 12.7 Å². The number of alkyl halides is 3. The summed E-state index contributed by atoms with van der Waals surface area (Å²) in [6.45, 7) is 7.88. The zero-order valence-corrected chi connectivity index (χ0v) is 20.3. The second-order valence-electron chi connectivity index (χ2n) is 8.94. The minimum Gasteiger partial charge on any atom is -0.397 e. The maximum Gasteiger partial charge on any atom is 0.417 e. The quantitative estimate of drug-likeness (QED) is 0.415. The van der Waals surface area contributed by atoms with E-state index in [1.807, 2.05) is 19.1 Å². The number of hydrogen-bond donors (Lipinski definition) is 3. The first-order chi connectivity index (χ1) is 17.2. The Morgan fingerprint density at radius 3 is 2.47 bits per heavy atom. The molecule has 2 aromatic rings. The van der Waals surface area contributed by atoms with Crippen LogP contribution in [0.5, 0.6) is 0 Å². The van der Waals surface area contributed by atoms with Crippen molar-refractivity contribution in [1.29, 1.82) is 0 Å². The van der Waals surface area contributed by atoms with Crippen LogP contribution in [0.3, 0.4) is 0 Å². The Morgan fingerprint density at radius 1 is 1.14 bits per heavy atom. The van der Waals surface area contributed by atoms with Gasteiger partial charge in [0, 0.05) is 24.8 Å². The van der Waals surface area contributed by atoms with Gasteiger partial charge in [0.1, 0.15) is 11.5 Å². The van der Waals surface area contributed by atoms with Gasteiger partial charge >= 0.3 is 6.18 Å². The van der Waals surface area contributed by atoms with Gasteiger partial charge in [-0.25, -0.2) is 9.97 Å². The van der Waals surface area contributed by atoms with Gasteiger partial charge in [0.05, 0.1) is 34.0 Å². The molecule has 0 bridgehead atoms. The number of halogens is 3. The third-order valence-electron chi connectivity index (χ3n) is 6.28. The molecule has 5 N–H and O–H groups in total. The van der Waals surface area contributed by atoms with Crippen molar-refractivity contribution >= 4 is 17.2 Å². The largest absolute Gasteiger partial charge is 0.417 e. The highest BCUT2D eigenvalue weighted by Crippen LogP contribution is 2.40. The summed E-state index contributed by atoms with van der Waals surface area (Å²) < 4.78 is 41.3. The summed E-state index contributed by atoms with van der Waals surface area (Å²) in [6, 6.07) is 3.87. The molecule has 1 saturated heterocycles. The van der Waals surface area contributed by atoms with E-state index in [1.54, 1.807) is 12.1 Å². The molecule has 0 unspecified atom stereocenters. The Hall–Kier alpha value is -3.75. The van der Waals surface area contributed by atoms with E-state index in [0.717, 1.165) is 68.0 Å². The van der Waals surface area contributed by atoms with Crippen LogP contribution in [-0.2, 0) is 6.18 Å². The fourth-order valence-corrected chi connectivity index (χ4v) is 4.37. The van der Waals surface area contributed by atoms with Crippen LogP contribution in [0.15, 0.2) is 66.2 Å². The molecule has 2 fully saturated rings. The SMILES string of the molecule is C=C/C(NC(=C1CC1)c1nc(-c2cnc(N)cc2C(F)(F)F)ccc1N)=C(\C=C/C)N1CCCCC1. The van der Waals surface area contributed by atoms with Crippen LogP contribution in [0, 0.1) is 0 Å². The van der Waals surface area contributed by atoms with Crippen molar-refractivity contribution in [3.8, 4) is 11.3 Å². The van der Waals surface area contributed by atoms with Gasteiger partial charge in [-0.05, 0) is 75.0 Å². The Bertz CT molecular complexity index is 1230. The van der Waals surface area contributed by atoms with Crippen molar-refractivity contribution in [2.75, 3.05) is 24.6 Å². The molecule has 6 nitrogen and oxygen atoms in total. The number of nitrogens with one attached hydrogen (secondary N) is 1. The third-order valence-corrected chi connectivity index (χ3v) is 6.28. The van der Waals surface area contributed by atoms with E-state index < -0.39 is 11.7 Å².